The maximum Gasteiger partial charge on any atom is 0.320 e. The van der Waals surface area contributed by atoms with Gasteiger partial charge in [-0.15, -0.1) is 0 Å². The number of ether oxygens (including phenoxy) is 1. The van der Waals surface area contributed by atoms with Gasteiger partial charge in [0.25, 0.3) is 17.7 Å². The first-order valence-electron chi connectivity index (χ1n) is 14.4. The van der Waals surface area contributed by atoms with Gasteiger partial charge in [0.15, 0.2) is 0 Å². The lowest BCUT2D eigenvalue weighted by Gasteiger charge is -2.35. The van der Waals surface area contributed by atoms with E-state index in [1.165, 1.54) is 18.3 Å². The van der Waals surface area contributed by atoms with Crippen molar-refractivity contribution in [3.63, 3.8) is 0 Å². The van der Waals surface area contributed by atoms with Crippen LogP contribution in [-0.2, 0) is 33.3 Å². The molecule has 1 N–H and O–H groups in total. The van der Waals surface area contributed by atoms with E-state index in [0.29, 0.717) is 59.5 Å². The number of urea groups is 1. The van der Waals surface area contributed by atoms with Crippen LogP contribution in [0.1, 0.15) is 42.1 Å². The van der Waals surface area contributed by atoms with E-state index >= 15 is 0 Å². The van der Waals surface area contributed by atoms with Crippen molar-refractivity contribution in [1.82, 2.24) is 29.1 Å². The number of pyridine rings is 1. The normalized spacial score (nSPS) is 22.2. The van der Waals surface area contributed by atoms with Crippen molar-refractivity contribution in [3.8, 4) is 0 Å². The predicted molar refractivity (Wildman–Crippen MR) is 152 cm³/mol. The molecular weight excluding hydrogens is 558 g/mol. The summed E-state index contributed by atoms with van der Waals surface area (Å²) in [7, 11) is 0. The van der Waals surface area contributed by atoms with Crippen LogP contribution in [0.4, 0.5) is 13.6 Å². The average molecular weight is 587 g/mol. The minimum Gasteiger partial charge on any atom is -0.371 e. The zero-order valence-corrected chi connectivity index (χ0v) is 23.3. The van der Waals surface area contributed by atoms with Crippen molar-refractivity contribution in [2.75, 3.05) is 19.6 Å². The Balaban J connectivity index is 1.27. The van der Waals surface area contributed by atoms with Gasteiger partial charge >= 0.3 is 6.03 Å². The van der Waals surface area contributed by atoms with Crippen molar-refractivity contribution in [2.45, 2.75) is 51.0 Å². The number of alkyl halides is 2. The zero-order chi connectivity index (χ0) is 29.6. The van der Waals surface area contributed by atoms with E-state index in [-0.39, 0.29) is 41.5 Å². The fourth-order valence-electron chi connectivity index (χ4n) is 7.00. The third-order valence-electron chi connectivity index (χ3n) is 8.99. The summed E-state index contributed by atoms with van der Waals surface area (Å²) < 4.78 is 39.4. The number of carbonyl (C=O) groups is 3. The Morgan fingerprint density at radius 2 is 1.81 bits per heavy atom. The van der Waals surface area contributed by atoms with Crippen molar-refractivity contribution in [1.29, 1.82) is 0 Å². The van der Waals surface area contributed by atoms with Crippen LogP contribution in [0.2, 0.25) is 0 Å². The Morgan fingerprint density at radius 3 is 2.58 bits per heavy atom. The fraction of sp³-hybridized carbons (Fsp3) is 0.355. The number of likely N-dealkylation sites (tertiary alicyclic amines) is 1. The molecule has 4 aliphatic rings. The number of imide groups is 1. The Kier molecular flexibility index (Phi) is 5.58. The minimum atomic E-state index is -3.18. The molecule has 220 valence electrons. The molecule has 0 saturated carbocycles. The number of morpholine rings is 1. The van der Waals surface area contributed by atoms with Crippen molar-refractivity contribution < 1.29 is 27.9 Å². The molecule has 3 aromatic heterocycles. The molecule has 8 rings (SSSR count). The van der Waals surface area contributed by atoms with Gasteiger partial charge in [0.2, 0.25) is 0 Å². The molecule has 12 heteroatoms. The zero-order valence-electron chi connectivity index (χ0n) is 23.3. The first-order chi connectivity index (χ1) is 20.7. The van der Waals surface area contributed by atoms with Crippen LogP contribution in [0, 0.1) is 0 Å². The molecule has 2 unspecified atom stereocenters. The lowest BCUT2D eigenvalue weighted by Crippen LogP contribution is -2.51. The first-order valence-corrected chi connectivity index (χ1v) is 14.4. The van der Waals surface area contributed by atoms with Gasteiger partial charge in [0, 0.05) is 68.6 Å². The van der Waals surface area contributed by atoms with Gasteiger partial charge in [0.1, 0.15) is 5.65 Å². The van der Waals surface area contributed by atoms with E-state index in [0.717, 1.165) is 19.8 Å². The van der Waals surface area contributed by atoms with Gasteiger partial charge in [-0.1, -0.05) is 6.07 Å². The number of hydrogen-bond donors (Lipinski definition) is 1. The average Bonchev–Trinajstić information content (AvgIpc) is 3.69. The van der Waals surface area contributed by atoms with Gasteiger partial charge in [-0.3, -0.25) is 19.3 Å². The molecule has 2 saturated heterocycles. The molecule has 10 nitrogen and oxygen atoms in total. The maximum absolute atomic E-state index is 14.9. The molecular formula is C31H28F2N6O4. The minimum absolute atomic E-state index is 0.0375. The number of benzene rings is 1. The number of halogens is 2. The predicted octanol–water partition coefficient (Wildman–Crippen LogP) is 3.77. The second kappa shape index (κ2) is 9.21. The van der Waals surface area contributed by atoms with Gasteiger partial charge in [0.05, 0.1) is 40.8 Å². The van der Waals surface area contributed by atoms with E-state index in [1.807, 2.05) is 15.5 Å². The number of nitrogens with zero attached hydrogens (tertiary/aromatic N) is 5. The Hall–Kier alpha value is -4.58. The van der Waals surface area contributed by atoms with E-state index in [2.05, 4.69) is 10.3 Å². The first kappa shape index (κ1) is 26.1. The summed E-state index contributed by atoms with van der Waals surface area (Å²) in [6.45, 7) is 2.76. The monoisotopic (exact) mass is 586 g/mol. The van der Waals surface area contributed by atoms with Crippen LogP contribution >= 0.6 is 0 Å². The molecule has 2 fully saturated rings. The fourth-order valence-corrected chi connectivity index (χ4v) is 7.00. The van der Waals surface area contributed by atoms with Crippen molar-refractivity contribution >= 4 is 45.5 Å². The molecule has 0 aliphatic carbocycles. The number of rotatable bonds is 3. The summed E-state index contributed by atoms with van der Waals surface area (Å²) in [5.74, 6) is -4.36. The number of imidazole rings is 1. The second-order valence-corrected chi connectivity index (χ2v) is 11.8. The number of fused-ring (bicyclic) bond motifs is 3. The lowest BCUT2D eigenvalue weighted by atomic mass is 9.95. The molecule has 7 heterocycles. The number of nitrogens with one attached hydrogen (secondary N) is 1. The lowest BCUT2D eigenvalue weighted by molar-refractivity contribution is -0.122. The van der Waals surface area contributed by atoms with Gasteiger partial charge in [-0.25, -0.2) is 18.6 Å². The smallest absolute Gasteiger partial charge is 0.320 e. The van der Waals surface area contributed by atoms with E-state index in [1.54, 1.807) is 33.8 Å². The highest BCUT2D eigenvalue weighted by atomic mass is 19.3. The Morgan fingerprint density at radius 1 is 1.05 bits per heavy atom. The third-order valence-corrected chi connectivity index (χ3v) is 8.99. The molecule has 1 aromatic carbocycles. The van der Waals surface area contributed by atoms with E-state index in [4.69, 9.17) is 4.74 Å². The quantitative estimate of drug-likeness (QED) is 0.369. The van der Waals surface area contributed by atoms with Crippen LogP contribution in [0.5, 0.6) is 0 Å². The number of hydrogen-bond acceptors (Lipinski definition) is 5. The topological polar surface area (TPSA) is 101 Å². The van der Waals surface area contributed by atoms with Crippen LogP contribution in [0.15, 0.2) is 48.9 Å². The Bertz CT molecular complexity index is 1890. The number of carbonyl (C=O) groups excluding carboxylic acids is 3. The van der Waals surface area contributed by atoms with E-state index < -0.39 is 17.7 Å². The maximum atomic E-state index is 14.9. The molecule has 0 radical (unpaired) electrons. The number of amides is 4. The summed E-state index contributed by atoms with van der Waals surface area (Å²) in [5.41, 5.74) is 2.65. The summed E-state index contributed by atoms with van der Waals surface area (Å²) in [4.78, 5) is 48.1. The molecule has 2 atom stereocenters. The molecule has 4 amide bonds. The summed E-state index contributed by atoms with van der Waals surface area (Å²) in [6, 6.07) is 8.12. The highest BCUT2D eigenvalue weighted by Crippen LogP contribution is 2.41. The van der Waals surface area contributed by atoms with Gasteiger partial charge < -0.3 is 19.1 Å². The largest absolute Gasteiger partial charge is 0.371 e. The van der Waals surface area contributed by atoms with Gasteiger partial charge in [-0.05, 0) is 42.7 Å². The number of aromatic nitrogens is 3. The van der Waals surface area contributed by atoms with E-state index in [9.17, 15) is 23.2 Å². The van der Waals surface area contributed by atoms with Crippen LogP contribution in [0.25, 0.3) is 27.7 Å². The summed E-state index contributed by atoms with van der Waals surface area (Å²) in [5, 5.41) is 2.83. The van der Waals surface area contributed by atoms with Gasteiger partial charge in [-0.2, -0.15) is 0 Å². The molecule has 4 aromatic rings. The van der Waals surface area contributed by atoms with Crippen LogP contribution in [0.3, 0.4) is 0 Å². The molecule has 4 aliphatic heterocycles. The van der Waals surface area contributed by atoms with Crippen molar-refractivity contribution in [3.05, 3.63) is 71.3 Å². The summed E-state index contributed by atoms with van der Waals surface area (Å²) in [6.07, 6.45) is 6.96. The molecule has 2 bridgehead atoms. The van der Waals surface area contributed by atoms with Crippen LogP contribution in [-0.4, -0.2) is 73.4 Å². The second-order valence-electron chi connectivity index (χ2n) is 11.8. The standard InChI is InChI=1S/C31H28F2N6O4/c1-31(32,33)18-10-17-13-37(30(42)38-14-19-5-6-20(15-38)43-19)9-8-36-16-22(21(11-18)27(17)36)25-26(29(41)35-28(25)40)23-12-34-24-4-2-3-7-39(23)24/h2-4,7,10-12,16,19-20H,5-6,8-9,13-15H2,1H3,(H,35,40,41). The third kappa shape index (κ3) is 4.07. The highest BCUT2D eigenvalue weighted by molar-refractivity contribution is 6.49. The molecule has 43 heavy (non-hydrogen) atoms. The highest BCUT2D eigenvalue weighted by Gasteiger charge is 2.39. The van der Waals surface area contributed by atoms with Crippen molar-refractivity contribution in [2.24, 2.45) is 0 Å². The SMILES string of the molecule is CC(F)(F)c1cc2c3c(c1)c(C1=C(c4cnc5ccccn45)C(=O)NC1=O)cn3CCN(C(=O)N1CC3CCC(C1)O3)C2. The molecule has 0 spiro atoms. The summed E-state index contributed by atoms with van der Waals surface area (Å²) >= 11 is 0. The van der Waals surface area contributed by atoms with Crippen LogP contribution < -0.4 is 5.32 Å². The Labute approximate surface area is 244 Å².